The summed E-state index contributed by atoms with van der Waals surface area (Å²) in [6, 6.07) is 9.09. The summed E-state index contributed by atoms with van der Waals surface area (Å²) in [6.45, 7) is 7.89. The Bertz CT molecular complexity index is 1670. The van der Waals surface area contributed by atoms with Gasteiger partial charge in [0.05, 0.1) is 23.5 Å². The predicted octanol–water partition coefficient (Wildman–Crippen LogP) is 5.29. The quantitative estimate of drug-likeness (QED) is 0.401. The molecule has 5 rings (SSSR count). The number of H-pyrrole nitrogens is 1. The average Bonchev–Trinajstić information content (AvgIpc) is 3.32. The van der Waals surface area contributed by atoms with Crippen LogP contribution in [0, 0.1) is 18.3 Å². The zero-order valence-corrected chi connectivity index (χ0v) is 25.4. The van der Waals surface area contributed by atoms with Gasteiger partial charge in [-0.3, -0.25) is 14.3 Å². The Morgan fingerprint density at radius 3 is 2.36 bits per heavy atom. The molecule has 3 aromatic rings. The molecule has 0 spiro atoms. The van der Waals surface area contributed by atoms with Crippen molar-refractivity contribution in [3.63, 3.8) is 0 Å². The number of aryl methyl sites for hydroxylation is 1. The fourth-order valence-electron chi connectivity index (χ4n) is 5.89. The maximum atomic E-state index is 13.6. The summed E-state index contributed by atoms with van der Waals surface area (Å²) < 4.78 is 34.5. The number of anilines is 2. The van der Waals surface area contributed by atoms with Crippen LogP contribution in [0.25, 0.3) is 10.9 Å². The number of amides is 2. The number of ether oxygens (including phenoxy) is 1. The van der Waals surface area contributed by atoms with Gasteiger partial charge >= 0.3 is 6.09 Å². The summed E-state index contributed by atoms with van der Waals surface area (Å²) in [5, 5.41) is 18.2. The van der Waals surface area contributed by atoms with E-state index in [1.165, 1.54) is 11.1 Å². The monoisotopic (exact) mass is 609 g/mol. The number of rotatable bonds is 5. The molecule has 0 unspecified atom stereocenters. The fourth-order valence-corrected chi connectivity index (χ4v) is 5.89. The number of carbonyl (C=O) groups excluding carboxylic acids is 2. The molecule has 2 fully saturated rings. The highest BCUT2D eigenvalue weighted by atomic mass is 19.3. The van der Waals surface area contributed by atoms with Gasteiger partial charge in [0.15, 0.2) is 5.82 Å². The van der Waals surface area contributed by atoms with Gasteiger partial charge in [-0.1, -0.05) is 0 Å². The molecule has 0 radical (unpaired) electrons. The highest BCUT2D eigenvalue weighted by Crippen LogP contribution is 2.38. The summed E-state index contributed by atoms with van der Waals surface area (Å²) in [5.41, 5.74) is 0.420. The molecule has 0 atom stereocenters. The molecule has 2 aliphatic heterocycles. The minimum absolute atomic E-state index is 0.00252. The summed E-state index contributed by atoms with van der Waals surface area (Å²) in [4.78, 5) is 44.6. The summed E-state index contributed by atoms with van der Waals surface area (Å²) >= 11 is 0. The van der Waals surface area contributed by atoms with Gasteiger partial charge in [0, 0.05) is 56.5 Å². The molecule has 0 aliphatic carbocycles. The number of halogens is 2. The number of likely N-dealkylation sites (tertiary alicyclic amines) is 2. The van der Waals surface area contributed by atoms with Gasteiger partial charge in [0.2, 0.25) is 0 Å². The van der Waals surface area contributed by atoms with Crippen molar-refractivity contribution in [1.82, 2.24) is 24.6 Å². The first-order valence-electron chi connectivity index (χ1n) is 14.7. The Kier molecular flexibility index (Phi) is 8.13. The molecule has 2 aliphatic rings. The van der Waals surface area contributed by atoms with Crippen LogP contribution >= 0.6 is 0 Å². The molecular weight excluding hydrogens is 572 g/mol. The number of piperidine rings is 2. The van der Waals surface area contributed by atoms with Crippen molar-refractivity contribution in [2.24, 2.45) is 0 Å². The third-order valence-corrected chi connectivity index (χ3v) is 8.31. The summed E-state index contributed by atoms with van der Waals surface area (Å²) in [7, 11) is 0. The van der Waals surface area contributed by atoms with E-state index in [0.29, 0.717) is 53.6 Å². The molecular formula is C31H37F2N7O4. The highest BCUT2D eigenvalue weighted by Gasteiger charge is 2.41. The van der Waals surface area contributed by atoms with E-state index in [1.807, 2.05) is 20.8 Å². The molecule has 13 heteroatoms. The SMILES string of the molecule is Cc1cc(Nc2nn(C3(CC#N)CCN(C(=O)OC(C)(C)C)CC3)c3cc[nH]c(=O)c23)ccc1C(=O)N1CCC(F)(F)CC1. The lowest BCUT2D eigenvalue weighted by molar-refractivity contribution is -0.0494. The second kappa shape index (κ2) is 11.6. The van der Waals surface area contributed by atoms with Crippen LogP contribution in [0.5, 0.6) is 0 Å². The van der Waals surface area contributed by atoms with Crippen molar-refractivity contribution in [3.8, 4) is 6.07 Å². The predicted molar refractivity (Wildman–Crippen MR) is 160 cm³/mol. The molecule has 0 saturated carbocycles. The lowest BCUT2D eigenvalue weighted by Gasteiger charge is -2.41. The molecule has 11 nitrogen and oxygen atoms in total. The van der Waals surface area contributed by atoms with Gasteiger partial charge in [0.25, 0.3) is 17.4 Å². The Labute approximate surface area is 253 Å². The van der Waals surface area contributed by atoms with Crippen molar-refractivity contribution < 1.29 is 23.1 Å². The van der Waals surface area contributed by atoms with Crippen LogP contribution in [0.2, 0.25) is 0 Å². The van der Waals surface area contributed by atoms with Gasteiger partial charge in [0.1, 0.15) is 11.0 Å². The van der Waals surface area contributed by atoms with E-state index >= 15 is 0 Å². The van der Waals surface area contributed by atoms with E-state index in [4.69, 9.17) is 9.84 Å². The van der Waals surface area contributed by atoms with Crippen molar-refractivity contribution in [3.05, 3.63) is 51.9 Å². The maximum Gasteiger partial charge on any atom is 0.410 e. The number of benzene rings is 1. The molecule has 2 aromatic heterocycles. The van der Waals surface area contributed by atoms with Gasteiger partial charge in [-0.2, -0.15) is 10.4 Å². The van der Waals surface area contributed by atoms with Gasteiger partial charge in [-0.25, -0.2) is 13.6 Å². The Balaban J connectivity index is 1.42. The first kappa shape index (κ1) is 31.0. The number of pyridine rings is 1. The lowest BCUT2D eigenvalue weighted by atomic mass is 9.85. The Morgan fingerprint density at radius 2 is 1.75 bits per heavy atom. The van der Waals surface area contributed by atoms with E-state index in [2.05, 4.69) is 16.4 Å². The van der Waals surface area contributed by atoms with Crippen molar-refractivity contribution >= 4 is 34.4 Å². The molecule has 2 saturated heterocycles. The first-order valence-corrected chi connectivity index (χ1v) is 14.7. The number of nitrogens with zero attached hydrogens (tertiary/aromatic N) is 5. The Hall–Kier alpha value is -4.47. The number of hydrogen-bond donors (Lipinski definition) is 2. The zero-order chi connectivity index (χ0) is 31.9. The normalized spacial score (nSPS) is 18.1. The molecule has 2 N–H and O–H groups in total. The highest BCUT2D eigenvalue weighted by molar-refractivity contribution is 5.97. The van der Waals surface area contributed by atoms with Gasteiger partial charge in [-0.05, 0) is 70.4 Å². The number of aromatic nitrogens is 3. The van der Waals surface area contributed by atoms with Crippen LogP contribution in [0.1, 0.15) is 68.8 Å². The zero-order valence-electron chi connectivity index (χ0n) is 25.4. The third kappa shape index (κ3) is 6.25. The summed E-state index contributed by atoms with van der Waals surface area (Å²) in [5.74, 6) is -2.76. The standard InChI is InChI=1S/C31H37F2N7O4/c1-20-19-21(5-6-22(20)27(42)38-17-11-31(32,33)12-18-38)36-25-24-23(7-14-35-26(24)41)40(37-25)30(8-13-34)9-15-39(16-10-30)28(43)44-29(2,3)4/h5-7,14,19H,8-12,15-18H2,1-4H3,(H,35,41)(H,36,37). The van der Waals surface area contributed by atoms with Crippen LogP contribution < -0.4 is 10.9 Å². The third-order valence-electron chi connectivity index (χ3n) is 8.31. The number of fused-ring (bicyclic) bond motifs is 1. The number of nitrogens with one attached hydrogen (secondary N) is 2. The number of alkyl halides is 2. The second-order valence-corrected chi connectivity index (χ2v) is 12.7. The molecule has 2 amide bonds. The smallest absolute Gasteiger partial charge is 0.410 e. The number of nitriles is 1. The fraction of sp³-hybridized carbons (Fsp3) is 0.516. The topological polar surface area (TPSA) is 136 Å². The van der Waals surface area contributed by atoms with Gasteiger partial charge < -0.3 is 24.8 Å². The second-order valence-electron chi connectivity index (χ2n) is 12.7. The van der Waals surface area contributed by atoms with E-state index < -0.39 is 23.2 Å². The average molecular weight is 610 g/mol. The molecule has 4 heterocycles. The van der Waals surface area contributed by atoms with Crippen LogP contribution in [0.4, 0.5) is 25.1 Å². The van der Waals surface area contributed by atoms with Crippen molar-refractivity contribution in [1.29, 1.82) is 5.26 Å². The lowest BCUT2D eigenvalue weighted by Crippen LogP contribution is -2.49. The van der Waals surface area contributed by atoms with Crippen LogP contribution in [-0.4, -0.2) is 74.3 Å². The molecule has 0 bridgehead atoms. The molecule has 234 valence electrons. The minimum atomic E-state index is -2.75. The largest absolute Gasteiger partial charge is 0.444 e. The van der Waals surface area contributed by atoms with E-state index in [9.17, 15) is 28.4 Å². The van der Waals surface area contributed by atoms with Crippen LogP contribution in [-0.2, 0) is 10.3 Å². The van der Waals surface area contributed by atoms with Gasteiger partial charge in [-0.15, -0.1) is 0 Å². The summed E-state index contributed by atoms with van der Waals surface area (Å²) in [6.07, 6.45) is 1.40. The number of aromatic amines is 1. The van der Waals surface area contributed by atoms with E-state index in [0.717, 1.165) is 0 Å². The van der Waals surface area contributed by atoms with Crippen molar-refractivity contribution in [2.75, 3.05) is 31.5 Å². The number of carbonyl (C=O) groups is 2. The van der Waals surface area contributed by atoms with Crippen LogP contribution in [0.15, 0.2) is 35.3 Å². The van der Waals surface area contributed by atoms with Crippen LogP contribution in [0.3, 0.4) is 0 Å². The minimum Gasteiger partial charge on any atom is -0.444 e. The van der Waals surface area contributed by atoms with E-state index in [-0.39, 0.29) is 49.6 Å². The number of hydrogen-bond acceptors (Lipinski definition) is 7. The Morgan fingerprint density at radius 1 is 1.09 bits per heavy atom. The molecule has 1 aromatic carbocycles. The van der Waals surface area contributed by atoms with Crippen molar-refractivity contribution in [2.45, 2.75) is 76.9 Å². The maximum absolute atomic E-state index is 13.6. The first-order chi connectivity index (χ1) is 20.7. The molecule has 44 heavy (non-hydrogen) atoms. The van der Waals surface area contributed by atoms with E-state index in [1.54, 1.807) is 40.8 Å².